The second-order valence-corrected chi connectivity index (χ2v) is 5.32. The van der Waals surface area contributed by atoms with Crippen LogP contribution in [-0.4, -0.2) is 48.2 Å². The lowest BCUT2D eigenvalue weighted by Crippen LogP contribution is -2.55. The van der Waals surface area contributed by atoms with Gasteiger partial charge in [0.05, 0.1) is 16.9 Å². The second-order valence-electron chi connectivity index (χ2n) is 5.32. The Bertz CT molecular complexity index is 478. The van der Waals surface area contributed by atoms with Crippen molar-refractivity contribution in [1.29, 1.82) is 0 Å². The molecule has 0 bridgehead atoms. The van der Waals surface area contributed by atoms with Gasteiger partial charge < -0.3 is 15.7 Å². The van der Waals surface area contributed by atoms with Gasteiger partial charge >= 0.3 is 5.97 Å². The van der Waals surface area contributed by atoms with Crippen molar-refractivity contribution in [2.45, 2.75) is 25.9 Å². The number of nitrogens with two attached hydrogens (primary N) is 1. The number of hydrogen-bond donors (Lipinski definition) is 2. The minimum atomic E-state index is -0.929. The highest BCUT2D eigenvalue weighted by atomic mass is 16.4. The van der Waals surface area contributed by atoms with Crippen LogP contribution in [0.4, 0.5) is 11.4 Å². The highest BCUT2D eigenvalue weighted by molar-refractivity contribution is 5.98. The summed E-state index contributed by atoms with van der Waals surface area (Å²) in [5.41, 5.74) is 7.46. The first kappa shape index (κ1) is 13.7. The van der Waals surface area contributed by atoms with Gasteiger partial charge in [0.15, 0.2) is 0 Å². The number of carboxylic acid groups (broad SMARTS) is 1. The smallest absolute Gasteiger partial charge is 0.337 e. The molecule has 5 heteroatoms. The molecule has 1 aliphatic rings. The van der Waals surface area contributed by atoms with Gasteiger partial charge in [0.2, 0.25) is 0 Å². The summed E-state index contributed by atoms with van der Waals surface area (Å²) in [6, 6.07) is 5.79. The number of likely N-dealkylation sites (N-methyl/N-ethyl adjacent to an activating group) is 1. The summed E-state index contributed by atoms with van der Waals surface area (Å²) < 4.78 is 0. The van der Waals surface area contributed by atoms with Crippen LogP contribution >= 0.6 is 0 Å². The van der Waals surface area contributed by atoms with Gasteiger partial charge in [-0.1, -0.05) is 6.07 Å². The zero-order valence-corrected chi connectivity index (χ0v) is 11.6. The third kappa shape index (κ3) is 2.51. The number of aromatic carboxylic acids is 1. The van der Waals surface area contributed by atoms with E-state index in [2.05, 4.69) is 30.7 Å². The lowest BCUT2D eigenvalue weighted by molar-refractivity contribution is 0.0697. The van der Waals surface area contributed by atoms with Crippen LogP contribution in [0.2, 0.25) is 0 Å². The molecule has 1 aromatic carbocycles. The SMILES string of the molecule is CC1CN(c2c(N)cccc2C(=O)O)CC(C)N1C. The van der Waals surface area contributed by atoms with Crippen molar-refractivity contribution >= 4 is 17.3 Å². The molecule has 19 heavy (non-hydrogen) atoms. The Morgan fingerprint density at radius 2 is 1.89 bits per heavy atom. The number of nitrogen functional groups attached to an aromatic ring is 1. The summed E-state index contributed by atoms with van der Waals surface area (Å²) >= 11 is 0. The van der Waals surface area contributed by atoms with Crippen molar-refractivity contribution in [3.8, 4) is 0 Å². The number of piperazine rings is 1. The van der Waals surface area contributed by atoms with E-state index in [1.165, 1.54) is 0 Å². The van der Waals surface area contributed by atoms with Crippen molar-refractivity contribution in [1.82, 2.24) is 4.90 Å². The van der Waals surface area contributed by atoms with Crippen LogP contribution in [0.1, 0.15) is 24.2 Å². The van der Waals surface area contributed by atoms with Crippen molar-refractivity contribution in [3.05, 3.63) is 23.8 Å². The van der Waals surface area contributed by atoms with Gasteiger partial charge in [0.1, 0.15) is 0 Å². The number of anilines is 2. The molecule has 0 aromatic heterocycles. The predicted molar refractivity (Wildman–Crippen MR) is 76.7 cm³/mol. The minimum Gasteiger partial charge on any atom is -0.478 e. The molecule has 0 spiro atoms. The lowest BCUT2D eigenvalue weighted by atomic mass is 10.0. The Morgan fingerprint density at radius 3 is 2.42 bits per heavy atom. The van der Waals surface area contributed by atoms with Crippen LogP contribution in [0.5, 0.6) is 0 Å². The maximum atomic E-state index is 11.4. The van der Waals surface area contributed by atoms with E-state index in [0.29, 0.717) is 23.5 Å². The van der Waals surface area contributed by atoms with E-state index in [-0.39, 0.29) is 5.56 Å². The number of rotatable bonds is 2. The normalized spacial score (nSPS) is 24.5. The fourth-order valence-electron chi connectivity index (χ4n) is 2.67. The lowest BCUT2D eigenvalue weighted by Gasteiger charge is -2.44. The number of hydrogen-bond acceptors (Lipinski definition) is 4. The molecule has 104 valence electrons. The van der Waals surface area contributed by atoms with Gasteiger partial charge in [-0.25, -0.2) is 4.79 Å². The van der Waals surface area contributed by atoms with Crippen LogP contribution in [-0.2, 0) is 0 Å². The molecule has 1 fully saturated rings. The van der Waals surface area contributed by atoms with Gasteiger partial charge in [-0.3, -0.25) is 4.90 Å². The van der Waals surface area contributed by atoms with E-state index in [1.807, 2.05) is 0 Å². The zero-order valence-electron chi connectivity index (χ0n) is 11.6. The monoisotopic (exact) mass is 263 g/mol. The average molecular weight is 263 g/mol. The summed E-state index contributed by atoms with van der Waals surface area (Å²) in [5, 5.41) is 9.31. The number of carbonyl (C=O) groups is 1. The van der Waals surface area contributed by atoms with Gasteiger partial charge in [0, 0.05) is 25.2 Å². The Morgan fingerprint density at radius 1 is 1.32 bits per heavy atom. The molecule has 0 amide bonds. The van der Waals surface area contributed by atoms with Crippen LogP contribution in [0.3, 0.4) is 0 Å². The molecular weight excluding hydrogens is 242 g/mol. The van der Waals surface area contributed by atoms with Gasteiger partial charge in [0.25, 0.3) is 0 Å². The fraction of sp³-hybridized carbons (Fsp3) is 0.500. The summed E-state index contributed by atoms with van der Waals surface area (Å²) in [6.45, 7) is 5.86. The van der Waals surface area contributed by atoms with Crippen LogP contribution < -0.4 is 10.6 Å². The highest BCUT2D eigenvalue weighted by Crippen LogP contribution is 2.30. The maximum Gasteiger partial charge on any atom is 0.337 e. The molecule has 0 radical (unpaired) electrons. The maximum absolute atomic E-state index is 11.4. The van der Waals surface area contributed by atoms with E-state index in [9.17, 15) is 9.90 Å². The first-order chi connectivity index (χ1) is 8.91. The van der Waals surface area contributed by atoms with E-state index < -0.39 is 5.97 Å². The molecule has 1 aliphatic heterocycles. The topological polar surface area (TPSA) is 69.8 Å². The zero-order chi connectivity index (χ0) is 14.2. The van der Waals surface area contributed by atoms with Crippen LogP contribution in [0.15, 0.2) is 18.2 Å². The Labute approximate surface area is 113 Å². The van der Waals surface area contributed by atoms with Gasteiger partial charge in [-0.2, -0.15) is 0 Å². The molecule has 2 unspecified atom stereocenters. The number of carboxylic acids is 1. The standard InChI is InChI=1S/C14H21N3O2/c1-9-7-17(8-10(2)16(9)3)13-11(14(18)19)5-4-6-12(13)15/h4-6,9-10H,7-8,15H2,1-3H3,(H,18,19). The van der Waals surface area contributed by atoms with Gasteiger partial charge in [-0.05, 0) is 33.0 Å². The molecule has 1 heterocycles. The molecule has 2 atom stereocenters. The van der Waals surface area contributed by atoms with Crippen molar-refractivity contribution in [3.63, 3.8) is 0 Å². The average Bonchev–Trinajstić information content (AvgIpc) is 2.35. The van der Waals surface area contributed by atoms with Gasteiger partial charge in [-0.15, -0.1) is 0 Å². The van der Waals surface area contributed by atoms with E-state index in [0.717, 1.165) is 13.1 Å². The molecule has 1 aromatic rings. The Kier molecular flexibility index (Phi) is 3.66. The third-order valence-corrected chi connectivity index (χ3v) is 3.97. The number of para-hydroxylation sites is 1. The Balaban J connectivity index is 2.39. The van der Waals surface area contributed by atoms with Crippen molar-refractivity contribution in [2.24, 2.45) is 0 Å². The predicted octanol–water partition coefficient (Wildman–Crippen LogP) is 1.50. The summed E-state index contributed by atoms with van der Waals surface area (Å²) in [6.07, 6.45) is 0. The first-order valence-electron chi connectivity index (χ1n) is 6.50. The molecule has 1 saturated heterocycles. The Hall–Kier alpha value is -1.75. The molecule has 2 rings (SSSR count). The van der Waals surface area contributed by atoms with E-state index in [4.69, 9.17) is 5.73 Å². The quantitative estimate of drug-likeness (QED) is 0.791. The molecule has 0 saturated carbocycles. The molecule has 3 N–H and O–H groups in total. The molecule has 0 aliphatic carbocycles. The molecular formula is C14H21N3O2. The van der Waals surface area contributed by atoms with E-state index in [1.54, 1.807) is 18.2 Å². The van der Waals surface area contributed by atoms with E-state index >= 15 is 0 Å². The van der Waals surface area contributed by atoms with Crippen molar-refractivity contribution < 1.29 is 9.90 Å². The van der Waals surface area contributed by atoms with Crippen LogP contribution in [0, 0.1) is 0 Å². The van der Waals surface area contributed by atoms with Crippen molar-refractivity contribution in [2.75, 3.05) is 30.8 Å². The molecule has 5 nitrogen and oxygen atoms in total. The number of nitrogens with zero attached hydrogens (tertiary/aromatic N) is 2. The summed E-state index contributed by atoms with van der Waals surface area (Å²) in [5.74, 6) is -0.929. The third-order valence-electron chi connectivity index (χ3n) is 3.97. The highest BCUT2D eigenvalue weighted by Gasteiger charge is 2.29. The fourth-order valence-corrected chi connectivity index (χ4v) is 2.67. The second kappa shape index (κ2) is 5.09. The summed E-state index contributed by atoms with van der Waals surface area (Å²) in [4.78, 5) is 15.7. The largest absolute Gasteiger partial charge is 0.478 e. The number of benzene rings is 1. The summed E-state index contributed by atoms with van der Waals surface area (Å²) in [7, 11) is 2.10. The first-order valence-corrected chi connectivity index (χ1v) is 6.50. The van der Waals surface area contributed by atoms with Crippen LogP contribution in [0.25, 0.3) is 0 Å². The minimum absolute atomic E-state index is 0.281.